The van der Waals surface area contributed by atoms with Gasteiger partial charge in [-0.1, -0.05) is 30.0 Å². The van der Waals surface area contributed by atoms with Crippen LogP contribution in [0.1, 0.15) is 0 Å². The maximum Gasteiger partial charge on any atom is 0.198 e. The average molecular weight is 306 g/mol. The molecule has 0 amide bonds. The molecular weight excluding hydrogens is 295 g/mol. The second kappa shape index (κ2) is 5.38. The Morgan fingerprint density at radius 1 is 1.10 bits per heavy atom. The summed E-state index contributed by atoms with van der Waals surface area (Å²) in [6, 6.07) is 15.0. The quantitative estimate of drug-likeness (QED) is 0.840. The summed E-state index contributed by atoms with van der Waals surface area (Å²) in [7, 11) is -2.53. The van der Waals surface area contributed by atoms with Crippen LogP contribution >= 0.6 is 11.8 Å². The molecule has 20 heavy (non-hydrogen) atoms. The molecule has 1 heterocycles. The van der Waals surface area contributed by atoms with Gasteiger partial charge in [-0.05, 0) is 36.4 Å². The molecule has 102 valence electrons. The highest BCUT2D eigenvalue weighted by molar-refractivity contribution is 8.25. The molecule has 1 unspecified atom stereocenters. The number of amidine groups is 1. The van der Waals surface area contributed by atoms with Gasteiger partial charge in [-0.15, -0.1) is 0 Å². The van der Waals surface area contributed by atoms with E-state index in [9.17, 15) is 8.60 Å². The number of nitrogens with zero attached hydrogens (tertiary/aromatic N) is 2. The lowest BCUT2D eigenvalue weighted by Gasteiger charge is -2.01. The Bertz CT molecular complexity index is 764. The minimum absolute atomic E-state index is 0.347. The fourth-order valence-corrected chi connectivity index (χ4v) is 5.26. The highest BCUT2D eigenvalue weighted by Gasteiger charge is 2.22. The van der Waals surface area contributed by atoms with E-state index < -0.39 is 9.73 Å². The third-order valence-electron chi connectivity index (χ3n) is 2.74. The number of hydrogen-bond donors (Lipinski definition) is 0. The van der Waals surface area contributed by atoms with E-state index in [0.717, 1.165) is 5.69 Å². The smallest absolute Gasteiger partial charge is 0.198 e. The Kier molecular flexibility index (Phi) is 3.58. The number of thioether (sulfide) groups is 1. The fourth-order valence-electron chi connectivity index (χ4n) is 1.75. The number of aliphatic imine (C=N–C) groups is 1. The van der Waals surface area contributed by atoms with Crippen LogP contribution in [0.4, 0.5) is 10.1 Å². The Hall–Kier alpha value is -1.66. The van der Waals surface area contributed by atoms with Crippen LogP contribution < -0.4 is 0 Å². The molecule has 2 aromatic rings. The third-order valence-corrected chi connectivity index (χ3v) is 6.52. The van der Waals surface area contributed by atoms with Crippen LogP contribution in [0.3, 0.4) is 0 Å². The lowest BCUT2D eigenvalue weighted by atomic mass is 10.3. The zero-order valence-corrected chi connectivity index (χ0v) is 12.0. The van der Waals surface area contributed by atoms with Crippen molar-refractivity contribution in [1.82, 2.24) is 0 Å². The standard InChI is InChI=1S/C14H11FN2OS2/c15-11-6-8-13(9-7-11)20(18)10-19-14(17-20)16-12-4-2-1-3-5-12/h1-9H,10H2. The Balaban J connectivity index is 1.97. The SMILES string of the molecule is O=S1(c2ccc(F)cc2)=NC(=Nc2ccccc2)SC1. The van der Waals surface area contributed by atoms with Gasteiger partial charge in [0.05, 0.1) is 20.5 Å². The van der Waals surface area contributed by atoms with E-state index in [-0.39, 0.29) is 5.82 Å². The van der Waals surface area contributed by atoms with E-state index in [1.807, 2.05) is 30.3 Å². The summed E-state index contributed by atoms with van der Waals surface area (Å²) in [5.41, 5.74) is 0.779. The highest BCUT2D eigenvalue weighted by Crippen LogP contribution is 2.29. The maximum absolute atomic E-state index is 12.9. The maximum atomic E-state index is 12.9. The molecule has 3 nitrogen and oxygen atoms in total. The molecule has 1 atom stereocenters. The number of para-hydroxylation sites is 1. The minimum Gasteiger partial charge on any atom is -0.243 e. The van der Waals surface area contributed by atoms with Crippen molar-refractivity contribution in [3.63, 3.8) is 0 Å². The van der Waals surface area contributed by atoms with Crippen molar-refractivity contribution < 1.29 is 8.60 Å². The van der Waals surface area contributed by atoms with E-state index in [2.05, 4.69) is 9.36 Å². The summed E-state index contributed by atoms with van der Waals surface area (Å²) in [6.07, 6.45) is 0. The molecule has 3 rings (SSSR count). The van der Waals surface area contributed by atoms with E-state index in [4.69, 9.17) is 0 Å². The normalized spacial score (nSPS) is 23.8. The summed E-state index contributed by atoms with van der Waals surface area (Å²) in [4.78, 5) is 4.90. The lowest BCUT2D eigenvalue weighted by molar-refractivity contribution is 0.626. The van der Waals surface area contributed by atoms with Crippen molar-refractivity contribution in [1.29, 1.82) is 0 Å². The molecule has 0 aromatic heterocycles. The van der Waals surface area contributed by atoms with Crippen LogP contribution in [-0.2, 0) is 9.73 Å². The van der Waals surface area contributed by atoms with E-state index in [1.165, 1.54) is 36.0 Å². The predicted octanol–water partition coefficient (Wildman–Crippen LogP) is 4.04. The third kappa shape index (κ3) is 2.76. The Morgan fingerprint density at radius 2 is 1.80 bits per heavy atom. The first kappa shape index (κ1) is 13.3. The van der Waals surface area contributed by atoms with Crippen molar-refractivity contribution in [3.05, 3.63) is 60.4 Å². The first-order valence-corrected chi connectivity index (χ1v) is 8.60. The summed E-state index contributed by atoms with van der Waals surface area (Å²) in [6.45, 7) is 0. The lowest BCUT2D eigenvalue weighted by Crippen LogP contribution is -1.99. The zero-order chi connectivity index (χ0) is 14.0. The van der Waals surface area contributed by atoms with E-state index in [1.54, 1.807) is 0 Å². The zero-order valence-electron chi connectivity index (χ0n) is 10.4. The van der Waals surface area contributed by atoms with Crippen molar-refractivity contribution >= 4 is 32.3 Å². The number of halogens is 1. The largest absolute Gasteiger partial charge is 0.243 e. The van der Waals surface area contributed by atoms with E-state index in [0.29, 0.717) is 15.1 Å². The molecule has 1 aliphatic heterocycles. The molecule has 0 N–H and O–H groups in total. The van der Waals surface area contributed by atoms with Crippen molar-refractivity contribution in [3.8, 4) is 0 Å². The van der Waals surface area contributed by atoms with E-state index >= 15 is 0 Å². The monoisotopic (exact) mass is 306 g/mol. The van der Waals surface area contributed by atoms with Crippen molar-refractivity contribution in [2.24, 2.45) is 9.36 Å². The summed E-state index contributed by atoms with van der Waals surface area (Å²) in [5.74, 6) is -0.347. The molecule has 6 heteroatoms. The molecule has 0 spiro atoms. The molecule has 0 saturated heterocycles. The van der Waals surface area contributed by atoms with Crippen LogP contribution in [0.5, 0.6) is 0 Å². The number of hydrogen-bond acceptors (Lipinski definition) is 3. The first-order valence-electron chi connectivity index (χ1n) is 5.93. The average Bonchev–Trinajstić information content (AvgIpc) is 2.83. The molecule has 0 aliphatic carbocycles. The molecule has 0 radical (unpaired) electrons. The van der Waals surface area contributed by atoms with Gasteiger partial charge in [0, 0.05) is 4.90 Å². The van der Waals surface area contributed by atoms with Gasteiger partial charge in [-0.2, -0.15) is 4.36 Å². The minimum atomic E-state index is -2.53. The first-order chi connectivity index (χ1) is 9.66. The topological polar surface area (TPSA) is 41.8 Å². The van der Waals surface area contributed by atoms with Crippen molar-refractivity contribution in [2.75, 3.05) is 5.08 Å². The Labute approximate surface area is 121 Å². The second-order valence-electron chi connectivity index (χ2n) is 4.18. The predicted molar refractivity (Wildman–Crippen MR) is 81.2 cm³/mol. The van der Waals surface area contributed by atoms with Crippen LogP contribution in [-0.4, -0.2) is 14.5 Å². The fraction of sp³-hybridized carbons (Fsp3) is 0.0714. The van der Waals surface area contributed by atoms with Crippen LogP contribution in [0.2, 0.25) is 0 Å². The molecule has 2 aromatic carbocycles. The summed E-state index contributed by atoms with van der Waals surface area (Å²) in [5, 5.41) is 0.857. The van der Waals surface area contributed by atoms with Gasteiger partial charge >= 0.3 is 0 Å². The van der Waals surface area contributed by atoms with Gasteiger partial charge in [0.25, 0.3) is 0 Å². The van der Waals surface area contributed by atoms with Gasteiger partial charge in [0.15, 0.2) is 5.17 Å². The molecule has 0 fully saturated rings. The summed E-state index contributed by atoms with van der Waals surface area (Å²) >= 11 is 1.36. The number of rotatable bonds is 2. The second-order valence-corrected chi connectivity index (χ2v) is 7.71. The van der Waals surface area contributed by atoms with Gasteiger partial charge in [-0.3, -0.25) is 0 Å². The van der Waals surface area contributed by atoms with Gasteiger partial charge in [-0.25, -0.2) is 13.6 Å². The van der Waals surface area contributed by atoms with Crippen LogP contribution in [0.15, 0.2) is 68.8 Å². The molecular formula is C14H11FN2OS2. The van der Waals surface area contributed by atoms with Crippen LogP contribution in [0, 0.1) is 5.82 Å². The molecule has 0 bridgehead atoms. The Morgan fingerprint density at radius 3 is 2.50 bits per heavy atom. The van der Waals surface area contributed by atoms with Gasteiger partial charge in [0.1, 0.15) is 5.82 Å². The molecule has 1 aliphatic rings. The molecule has 0 saturated carbocycles. The van der Waals surface area contributed by atoms with Gasteiger partial charge < -0.3 is 0 Å². The van der Waals surface area contributed by atoms with Gasteiger partial charge in [0.2, 0.25) is 0 Å². The highest BCUT2D eigenvalue weighted by atomic mass is 32.3. The van der Waals surface area contributed by atoms with Crippen LogP contribution in [0.25, 0.3) is 0 Å². The summed E-state index contributed by atoms with van der Waals surface area (Å²) < 4.78 is 29.9. The van der Waals surface area contributed by atoms with Crippen molar-refractivity contribution in [2.45, 2.75) is 4.90 Å². The number of benzene rings is 2.